The van der Waals surface area contributed by atoms with Crippen LogP contribution in [0, 0.1) is 5.82 Å². The van der Waals surface area contributed by atoms with Gasteiger partial charge in [0.05, 0.1) is 12.6 Å². The third kappa shape index (κ3) is 5.76. The van der Waals surface area contributed by atoms with Crippen LogP contribution < -0.4 is 5.32 Å². The molecule has 1 aromatic rings. The molecule has 28 heavy (non-hydrogen) atoms. The highest BCUT2D eigenvalue weighted by Crippen LogP contribution is 2.19. The number of esters is 1. The summed E-state index contributed by atoms with van der Waals surface area (Å²) in [5, 5.41) is 12.3. The summed E-state index contributed by atoms with van der Waals surface area (Å²) < 4.78 is 18.1. The molecule has 3 atom stereocenters. The highest BCUT2D eigenvalue weighted by atomic mass is 19.1. The fourth-order valence-corrected chi connectivity index (χ4v) is 3.38. The van der Waals surface area contributed by atoms with Crippen molar-refractivity contribution in [2.24, 2.45) is 0 Å². The van der Waals surface area contributed by atoms with Crippen molar-refractivity contribution in [1.82, 2.24) is 10.2 Å². The molecule has 0 bridgehead atoms. The van der Waals surface area contributed by atoms with Gasteiger partial charge in [-0.2, -0.15) is 0 Å². The number of likely N-dealkylation sites (tertiary alicyclic amines) is 1. The second-order valence-corrected chi connectivity index (χ2v) is 6.89. The van der Waals surface area contributed by atoms with E-state index in [4.69, 9.17) is 4.74 Å². The van der Waals surface area contributed by atoms with Crippen molar-refractivity contribution >= 4 is 17.8 Å². The number of hydrogen-bond acceptors (Lipinski definition) is 5. The van der Waals surface area contributed by atoms with Crippen LogP contribution in [0.4, 0.5) is 4.39 Å². The Bertz CT molecular complexity index is 694. The molecule has 1 aromatic carbocycles. The van der Waals surface area contributed by atoms with E-state index >= 15 is 0 Å². The molecule has 1 amide bonds. The Labute approximate surface area is 163 Å². The molecule has 8 heteroatoms. The first kappa shape index (κ1) is 21.8. The number of benzene rings is 1. The van der Waals surface area contributed by atoms with Gasteiger partial charge in [-0.3, -0.25) is 14.9 Å². The van der Waals surface area contributed by atoms with Gasteiger partial charge < -0.3 is 14.7 Å². The molecule has 0 radical (unpaired) electrons. The average Bonchev–Trinajstić information content (AvgIpc) is 3.15. The molecule has 1 fully saturated rings. The lowest BCUT2D eigenvalue weighted by atomic mass is 10.0. The zero-order chi connectivity index (χ0) is 20.7. The Kier molecular flexibility index (Phi) is 7.92. The molecule has 1 unspecified atom stereocenters. The van der Waals surface area contributed by atoms with Gasteiger partial charge in [0.1, 0.15) is 17.9 Å². The number of carboxylic acids is 1. The van der Waals surface area contributed by atoms with E-state index in [2.05, 4.69) is 5.32 Å². The number of aliphatic carboxylic acids is 1. The smallest absolute Gasteiger partial charge is 0.326 e. The lowest BCUT2D eigenvalue weighted by Gasteiger charge is -2.27. The standard InChI is InChI=1S/C20H27FN2O5/c1-3-28-20(27)16(11-8-14-6-9-15(21)10-7-14)22-13(2)18(24)23-12-4-5-17(23)19(25)26/h6-7,9-10,13,16-17,22H,3-5,8,11-12H2,1-2H3,(H,25,26)/t13-,16?,17-/m0/s1. The van der Waals surface area contributed by atoms with Crippen LogP contribution >= 0.6 is 0 Å². The number of hydrogen-bond donors (Lipinski definition) is 2. The summed E-state index contributed by atoms with van der Waals surface area (Å²) in [6, 6.07) is 3.72. The normalized spacial score (nSPS) is 18.5. The monoisotopic (exact) mass is 394 g/mol. The van der Waals surface area contributed by atoms with Gasteiger partial charge in [0.15, 0.2) is 0 Å². The molecule has 0 spiro atoms. The SMILES string of the molecule is CCOC(=O)C(CCc1ccc(F)cc1)N[C@@H](C)C(=O)N1CCC[C@H]1C(=O)O. The first-order valence-electron chi connectivity index (χ1n) is 9.54. The number of nitrogens with zero attached hydrogens (tertiary/aromatic N) is 1. The second-order valence-electron chi connectivity index (χ2n) is 6.89. The van der Waals surface area contributed by atoms with Gasteiger partial charge in [-0.25, -0.2) is 9.18 Å². The fraction of sp³-hybridized carbons (Fsp3) is 0.550. The van der Waals surface area contributed by atoms with Crippen molar-refractivity contribution in [2.75, 3.05) is 13.2 Å². The molecular weight excluding hydrogens is 367 g/mol. The summed E-state index contributed by atoms with van der Waals surface area (Å²) in [4.78, 5) is 37.7. The predicted octanol–water partition coefficient (Wildman–Crippen LogP) is 1.74. The number of carbonyl (C=O) groups is 3. The second kappa shape index (κ2) is 10.2. The minimum absolute atomic E-state index is 0.211. The molecule has 1 aliphatic rings. The number of amides is 1. The highest BCUT2D eigenvalue weighted by Gasteiger charge is 2.36. The van der Waals surface area contributed by atoms with Crippen LogP contribution in [-0.4, -0.2) is 59.1 Å². The molecule has 0 aliphatic carbocycles. The zero-order valence-corrected chi connectivity index (χ0v) is 16.2. The number of carbonyl (C=O) groups excluding carboxylic acids is 2. The van der Waals surface area contributed by atoms with E-state index in [1.165, 1.54) is 17.0 Å². The largest absolute Gasteiger partial charge is 0.480 e. The average molecular weight is 394 g/mol. The quantitative estimate of drug-likeness (QED) is 0.620. The van der Waals surface area contributed by atoms with E-state index < -0.39 is 30.1 Å². The molecule has 1 heterocycles. The van der Waals surface area contributed by atoms with Crippen molar-refractivity contribution in [3.8, 4) is 0 Å². The van der Waals surface area contributed by atoms with Crippen LogP contribution in [0.25, 0.3) is 0 Å². The molecule has 0 aromatic heterocycles. The zero-order valence-electron chi connectivity index (χ0n) is 16.2. The first-order valence-corrected chi connectivity index (χ1v) is 9.54. The van der Waals surface area contributed by atoms with Crippen LogP contribution in [0.1, 0.15) is 38.7 Å². The van der Waals surface area contributed by atoms with Gasteiger partial charge in [0.2, 0.25) is 5.91 Å². The topological polar surface area (TPSA) is 95.9 Å². The maximum Gasteiger partial charge on any atom is 0.326 e. The Morgan fingerprint density at radius 2 is 2.00 bits per heavy atom. The van der Waals surface area contributed by atoms with Crippen LogP contribution in [0.3, 0.4) is 0 Å². The fourth-order valence-electron chi connectivity index (χ4n) is 3.38. The summed E-state index contributed by atoms with van der Waals surface area (Å²) in [6.45, 7) is 3.92. The van der Waals surface area contributed by atoms with Crippen molar-refractivity contribution in [3.05, 3.63) is 35.6 Å². The van der Waals surface area contributed by atoms with Crippen LogP contribution in [0.15, 0.2) is 24.3 Å². The van der Waals surface area contributed by atoms with Crippen LogP contribution in [0.2, 0.25) is 0 Å². The van der Waals surface area contributed by atoms with Crippen molar-refractivity contribution < 1.29 is 28.6 Å². The van der Waals surface area contributed by atoms with Gasteiger partial charge >= 0.3 is 11.9 Å². The number of carboxylic acid groups (broad SMARTS) is 1. The van der Waals surface area contributed by atoms with E-state index in [0.717, 1.165) is 5.56 Å². The summed E-state index contributed by atoms with van der Waals surface area (Å²) in [5.74, 6) is -2.17. The molecule has 1 aliphatic heterocycles. The predicted molar refractivity (Wildman–Crippen MR) is 100 cm³/mol. The molecule has 1 saturated heterocycles. The lowest BCUT2D eigenvalue weighted by Crippen LogP contribution is -2.53. The lowest BCUT2D eigenvalue weighted by molar-refractivity contribution is -0.150. The molecule has 154 valence electrons. The highest BCUT2D eigenvalue weighted by molar-refractivity contribution is 5.88. The molecular formula is C20H27FN2O5. The number of halogens is 1. The van der Waals surface area contributed by atoms with E-state index in [1.807, 2.05) is 0 Å². The number of aryl methyl sites for hydroxylation is 1. The maximum atomic E-state index is 13.0. The molecule has 7 nitrogen and oxygen atoms in total. The van der Waals surface area contributed by atoms with Gasteiger partial charge in [0, 0.05) is 6.54 Å². The Hall–Kier alpha value is -2.48. The van der Waals surface area contributed by atoms with Crippen molar-refractivity contribution in [2.45, 2.75) is 57.7 Å². The minimum Gasteiger partial charge on any atom is -0.480 e. The van der Waals surface area contributed by atoms with Crippen LogP contribution in [-0.2, 0) is 25.5 Å². The summed E-state index contributed by atoms with van der Waals surface area (Å²) in [5.41, 5.74) is 0.863. The minimum atomic E-state index is -1.02. The number of ether oxygens (including phenoxy) is 1. The van der Waals surface area contributed by atoms with Gasteiger partial charge in [0.25, 0.3) is 0 Å². The molecule has 0 saturated carbocycles. The Morgan fingerprint density at radius 1 is 1.32 bits per heavy atom. The van der Waals surface area contributed by atoms with E-state index in [-0.39, 0.29) is 18.3 Å². The third-order valence-electron chi connectivity index (χ3n) is 4.85. The van der Waals surface area contributed by atoms with E-state index in [9.17, 15) is 23.9 Å². The Morgan fingerprint density at radius 3 is 2.61 bits per heavy atom. The number of nitrogens with one attached hydrogen (secondary N) is 1. The van der Waals surface area contributed by atoms with Gasteiger partial charge in [-0.1, -0.05) is 12.1 Å². The van der Waals surface area contributed by atoms with Crippen molar-refractivity contribution in [1.29, 1.82) is 0 Å². The Balaban J connectivity index is 2.02. The molecule has 2 N–H and O–H groups in total. The molecule has 2 rings (SSSR count). The summed E-state index contributed by atoms with van der Waals surface area (Å²) >= 11 is 0. The first-order chi connectivity index (χ1) is 13.3. The maximum absolute atomic E-state index is 13.0. The van der Waals surface area contributed by atoms with E-state index in [1.54, 1.807) is 26.0 Å². The van der Waals surface area contributed by atoms with Gasteiger partial charge in [-0.15, -0.1) is 0 Å². The summed E-state index contributed by atoms with van der Waals surface area (Å²) in [6.07, 6.45) is 1.94. The van der Waals surface area contributed by atoms with Gasteiger partial charge in [-0.05, 0) is 57.2 Å². The van der Waals surface area contributed by atoms with Crippen LogP contribution in [0.5, 0.6) is 0 Å². The number of rotatable bonds is 9. The van der Waals surface area contributed by atoms with E-state index in [0.29, 0.717) is 32.2 Å². The summed E-state index contributed by atoms with van der Waals surface area (Å²) in [7, 11) is 0. The van der Waals surface area contributed by atoms with Crippen molar-refractivity contribution in [3.63, 3.8) is 0 Å². The third-order valence-corrected chi connectivity index (χ3v) is 4.85.